The molecule has 4 rings (SSSR count). The predicted molar refractivity (Wildman–Crippen MR) is 94.4 cm³/mol. The molecule has 3 heteroatoms. The molecule has 4 bridgehead atoms. The largest absolute Gasteiger partial charge is 0.413 e. The first-order valence-corrected chi connectivity index (χ1v) is 12.4. The Labute approximate surface area is 138 Å². The standard InChI is InChI=1S/C19H36O2Si/c1-4-22(5-2,6-3)21-18(7-8-20)19-12-15-9-16(13-19)11-17(10-15)14-19/h15-18,20H,4-14H2,1-3H3/t15?,16?,17?,18-,19?/m0/s1. The topological polar surface area (TPSA) is 29.5 Å². The van der Waals surface area contributed by atoms with Crippen molar-refractivity contribution in [3.05, 3.63) is 0 Å². The van der Waals surface area contributed by atoms with Crippen LogP contribution in [0, 0.1) is 23.2 Å². The minimum absolute atomic E-state index is 0.300. The van der Waals surface area contributed by atoms with Crippen molar-refractivity contribution in [2.45, 2.75) is 90.0 Å². The fourth-order valence-corrected chi connectivity index (χ4v) is 9.45. The zero-order chi connectivity index (χ0) is 15.8. The first-order valence-electron chi connectivity index (χ1n) is 9.87. The lowest BCUT2D eigenvalue weighted by atomic mass is 9.48. The SMILES string of the molecule is CC[Si](CC)(CC)O[C@@H](CCO)C12CC3CC(CC(C3)C1)C2. The van der Waals surface area contributed by atoms with Crippen molar-refractivity contribution in [1.29, 1.82) is 0 Å². The van der Waals surface area contributed by atoms with E-state index in [0.717, 1.165) is 24.2 Å². The summed E-state index contributed by atoms with van der Waals surface area (Å²) in [5.74, 6) is 2.91. The third-order valence-corrected chi connectivity index (χ3v) is 12.1. The summed E-state index contributed by atoms with van der Waals surface area (Å²) < 4.78 is 6.99. The number of aliphatic hydroxyl groups excluding tert-OH is 1. The van der Waals surface area contributed by atoms with E-state index in [2.05, 4.69) is 20.8 Å². The summed E-state index contributed by atoms with van der Waals surface area (Å²) in [7, 11) is -1.58. The van der Waals surface area contributed by atoms with Crippen molar-refractivity contribution in [1.82, 2.24) is 0 Å². The average Bonchev–Trinajstić information content (AvgIpc) is 2.50. The van der Waals surface area contributed by atoms with Gasteiger partial charge in [0.1, 0.15) is 0 Å². The van der Waals surface area contributed by atoms with E-state index in [9.17, 15) is 5.11 Å². The van der Waals surface area contributed by atoms with Crippen molar-refractivity contribution in [3.63, 3.8) is 0 Å². The van der Waals surface area contributed by atoms with E-state index in [1.165, 1.54) is 56.7 Å². The van der Waals surface area contributed by atoms with Gasteiger partial charge in [0.25, 0.3) is 0 Å². The first kappa shape index (κ1) is 17.0. The summed E-state index contributed by atoms with van der Waals surface area (Å²) in [6, 6.07) is 3.69. The smallest absolute Gasteiger partial charge is 0.192 e. The third-order valence-electron chi connectivity index (χ3n) is 7.49. The number of rotatable bonds is 8. The van der Waals surface area contributed by atoms with Gasteiger partial charge in [-0.25, -0.2) is 0 Å². The van der Waals surface area contributed by atoms with E-state index >= 15 is 0 Å². The van der Waals surface area contributed by atoms with E-state index in [1.807, 2.05) is 0 Å². The second kappa shape index (κ2) is 6.56. The Balaban J connectivity index is 1.81. The lowest BCUT2D eigenvalue weighted by molar-refractivity contribution is -0.119. The summed E-state index contributed by atoms with van der Waals surface area (Å²) in [6.07, 6.45) is 9.87. The zero-order valence-electron chi connectivity index (χ0n) is 14.9. The van der Waals surface area contributed by atoms with Gasteiger partial charge in [-0.3, -0.25) is 0 Å². The van der Waals surface area contributed by atoms with Crippen LogP contribution in [0.25, 0.3) is 0 Å². The van der Waals surface area contributed by atoms with E-state index in [0.29, 0.717) is 18.1 Å². The molecular weight excluding hydrogens is 288 g/mol. The molecule has 0 aliphatic heterocycles. The molecule has 128 valence electrons. The summed E-state index contributed by atoms with van der Waals surface area (Å²) in [4.78, 5) is 0. The van der Waals surface area contributed by atoms with Crippen LogP contribution < -0.4 is 0 Å². The van der Waals surface area contributed by atoms with Crippen LogP contribution in [0.15, 0.2) is 0 Å². The molecule has 0 unspecified atom stereocenters. The molecule has 0 saturated heterocycles. The molecule has 22 heavy (non-hydrogen) atoms. The van der Waals surface area contributed by atoms with Crippen molar-refractivity contribution >= 4 is 8.32 Å². The van der Waals surface area contributed by atoms with E-state index in [1.54, 1.807) is 0 Å². The number of hydrogen-bond acceptors (Lipinski definition) is 2. The lowest BCUT2D eigenvalue weighted by Gasteiger charge is -2.60. The molecule has 0 aromatic carbocycles. The molecule has 4 fully saturated rings. The Bertz CT molecular complexity index is 334. The molecular formula is C19H36O2Si. The molecule has 2 nitrogen and oxygen atoms in total. The van der Waals surface area contributed by atoms with Crippen molar-refractivity contribution in [2.75, 3.05) is 6.61 Å². The predicted octanol–water partition coefficient (Wildman–Crippen LogP) is 4.98. The normalized spacial score (nSPS) is 38.5. The Morgan fingerprint density at radius 3 is 1.77 bits per heavy atom. The van der Waals surface area contributed by atoms with Crippen LogP contribution in [-0.2, 0) is 4.43 Å². The van der Waals surface area contributed by atoms with Crippen LogP contribution in [0.1, 0.15) is 65.7 Å². The molecule has 1 N–H and O–H groups in total. The minimum Gasteiger partial charge on any atom is -0.413 e. The third kappa shape index (κ3) is 2.93. The Morgan fingerprint density at radius 2 is 1.41 bits per heavy atom. The van der Waals surface area contributed by atoms with Gasteiger partial charge < -0.3 is 9.53 Å². The van der Waals surface area contributed by atoms with Crippen molar-refractivity contribution in [3.8, 4) is 0 Å². The molecule has 0 amide bonds. The fourth-order valence-electron chi connectivity index (χ4n) is 6.48. The maximum atomic E-state index is 9.69. The summed E-state index contributed by atoms with van der Waals surface area (Å²) in [5.41, 5.74) is 0.426. The molecule has 0 radical (unpaired) electrons. The Morgan fingerprint density at radius 1 is 0.955 bits per heavy atom. The van der Waals surface area contributed by atoms with Crippen molar-refractivity contribution < 1.29 is 9.53 Å². The van der Waals surface area contributed by atoms with Gasteiger partial charge in [-0.2, -0.15) is 0 Å². The number of hydrogen-bond donors (Lipinski definition) is 1. The Hall–Kier alpha value is 0.137. The van der Waals surface area contributed by atoms with E-state index < -0.39 is 8.32 Å². The first-order chi connectivity index (χ1) is 10.6. The van der Waals surface area contributed by atoms with Gasteiger partial charge in [-0.15, -0.1) is 0 Å². The maximum Gasteiger partial charge on any atom is 0.192 e. The molecule has 0 heterocycles. The Kier molecular flexibility index (Phi) is 5.06. The molecule has 4 aliphatic rings. The minimum atomic E-state index is -1.58. The van der Waals surface area contributed by atoms with Gasteiger partial charge in [0.2, 0.25) is 0 Å². The van der Waals surface area contributed by atoms with Crippen LogP contribution in [0.3, 0.4) is 0 Å². The van der Waals surface area contributed by atoms with E-state index in [4.69, 9.17) is 4.43 Å². The van der Waals surface area contributed by atoms with Crippen LogP contribution in [0.4, 0.5) is 0 Å². The highest BCUT2D eigenvalue weighted by molar-refractivity contribution is 6.73. The number of aliphatic hydroxyl groups is 1. The molecule has 4 aliphatic carbocycles. The zero-order valence-corrected chi connectivity index (χ0v) is 15.9. The molecule has 0 aromatic heterocycles. The monoisotopic (exact) mass is 324 g/mol. The highest BCUT2D eigenvalue weighted by atomic mass is 28.4. The lowest BCUT2D eigenvalue weighted by Crippen LogP contribution is -2.55. The summed E-state index contributed by atoms with van der Waals surface area (Å²) in [5, 5.41) is 9.69. The van der Waals surface area contributed by atoms with Gasteiger partial charge in [0.15, 0.2) is 8.32 Å². The van der Waals surface area contributed by atoms with Crippen LogP contribution in [0.2, 0.25) is 18.1 Å². The second-order valence-corrected chi connectivity index (χ2v) is 13.4. The van der Waals surface area contributed by atoms with Gasteiger partial charge >= 0.3 is 0 Å². The molecule has 1 atom stereocenters. The molecule has 0 aromatic rings. The van der Waals surface area contributed by atoms with Crippen molar-refractivity contribution in [2.24, 2.45) is 23.2 Å². The maximum absolute atomic E-state index is 9.69. The molecule has 0 spiro atoms. The fraction of sp³-hybridized carbons (Fsp3) is 1.00. The average molecular weight is 325 g/mol. The molecule has 4 saturated carbocycles. The highest BCUT2D eigenvalue weighted by Gasteiger charge is 2.55. The summed E-state index contributed by atoms with van der Waals surface area (Å²) in [6.45, 7) is 7.28. The highest BCUT2D eigenvalue weighted by Crippen LogP contribution is 2.62. The second-order valence-electron chi connectivity index (χ2n) is 8.64. The van der Waals surface area contributed by atoms with E-state index in [-0.39, 0.29) is 0 Å². The quantitative estimate of drug-likeness (QED) is 0.638. The van der Waals surface area contributed by atoms with Crippen LogP contribution >= 0.6 is 0 Å². The van der Waals surface area contributed by atoms with Gasteiger partial charge in [0.05, 0.1) is 6.10 Å². The van der Waals surface area contributed by atoms with Crippen LogP contribution in [-0.4, -0.2) is 26.1 Å². The van der Waals surface area contributed by atoms with Gasteiger partial charge in [0, 0.05) is 6.61 Å². The summed E-state index contributed by atoms with van der Waals surface area (Å²) >= 11 is 0. The van der Waals surface area contributed by atoms with Gasteiger partial charge in [-0.05, 0) is 86.2 Å². The van der Waals surface area contributed by atoms with Gasteiger partial charge in [-0.1, -0.05) is 20.8 Å². The van der Waals surface area contributed by atoms with Crippen LogP contribution in [0.5, 0.6) is 0 Å².